The maximum Gasteiger partial charge on any atom is 0.138 e. The summed E-state index contributed by atoms with van der Waals surface area (Å²) in [4.78, 5) is 11.5. The van der Waals surface area contributed by atoms with Gasteiger partial charge in [0.1, 0.15) is 17.4 Å². The SMILES string of the molecule is CCC(N)CC(=O)Cc1cc(F)cc(F)c1. The lowest BCUT2D eigenvalue weighted by Crippen LogP contribution is -2.23. The summed E-state index contributed by atoms with van der Waals surface area (Å²) in [6, 6.07) is 2.94. The minimum absolute atomic E-state index is 0.0301. The number of carbonyl (C=O) groups excluding carboxylic acids is 1. The second kappa shape index (κ2) is 5.70. The van der Waals surface area contributed by atoms with Gasteiger partial charge < -0.3 is 5.73 Å². The third kappa shape index (κ3) is 4.06. The third-order valence-corrected chi connectivity index (χ3v) is 2.34. The number of Topliss-reactive ketones (excluding diaryl/α,β-unsaturated/α-hetero) is 1. The first-order chi connectivity index (χ1) is 7.51. The molecule has 88 valence electrons. The summed E-state index contributed by atoms with van der Waals surface area (Å²) < 4.78 is 25.7. The van der Waals surface area contributed by atoms with E-state index in [1.54, 1.807) is 0 Å². The van der Waals surface area contributed by atoms with Crippen molar-refractivity contribution in [2.75, 3.05) is 0 Å². The van der Waals surface area contributed by atoms with Gasteiger partial charge in [0, 0.05) is 24.9 Å². The number of carbonyl (C=O) groups is 1. The van der Waals surface area contributed by atoms with Crippen LogP contribution in [0.25, 0.3) is 0 Å². The molecule has 1 rings (SSSR count). The summed E-state index contributed by atoms with van der Waals surface area (Å²) in [6.45, 7) is 1.89. The van der Waals surface area contributed by atoms with Crippen molar-refractivity contribution in [1.82, 2.24) is 0 Å². The van der Waals surface area contributed by atoms with Crippen LogP contribution in [0, 0.1) is 11.6 Å². The molecule has 0 saturated heterocycles. The fourth-order valence-corrected chi connectivity index (χ4v) is 1.45. The van der Waals surface area contributed by atoms with Crippen molar-refractivity contribution in [3.05, 3.63) is 35.4 Å². The van der Waals surface area contributed by atoms with E-state index in [-0.39, 0.29) is 24.7 Å². The Morgan fingerprint density at radius 2 is 1.88 bits per heavy atom. The van der Waals surface area contributed by atoms with Crippen molar-refractivity contribution < 1.29 is 13.6 Å². The van der Waals surface area contributed by atoms with E-state index in [1.165, 1.54) is 12.1 Å². The molecule has 0 aliphatic carbocycles. The second-order valence-electron chi connectivity index (χ2n) is 3.87. The zero-order chi connectivity index (χ0) is 12.1. The van der Waals surface area contributed by atoms with Crippen molar-refractivity contribution in [1.29, 1.82) is 0 Å². The van der Waals surface area contributed by atoms with E-state index < -0.39 is 11.6 Å². The van der Waals surface area contributed by atoms with Gasteiger partial charge in [-0.2, -0.15) is 0 Å². The Balaban J connectivity index is 2.62. The largest absolute Gasteiger partial charge is 0.327 e. The Bertz CT molecular complexity index is 359. The molecule has 0 bridgehead atoms. The van der Waals surface area contributed by atoms with E-state index in [2.05, 4.69) is 0 Å². The van der Waals surface area contributed by atoms with Gasteiger partial charge in [0.25, 0.3) is 0 Å². The van der Waals surface area contributed by atoms with Crippen LogP contribution in [0.3, 0.4) is 0 Å². The molecule has 1 aromatic carbocycles. The predicted molar refractivity (Wildman–Crippen MR) is 58.0 cm³/mol. The van der Waals surface area contributed by atoms with Gasteiger partial charge in [-0.3, -0.25) is 4.79 Å². The highest BCUT2D eigenvalue weighted by atomic mass is 19.1. The van der Waals surface area contributed by atoms with Gasteiger partial charge in [-0.25, -0.2) is 8.78 Å². The van der Waals surface area contributed by atoms with Gasteiger partial charge in [0.2, 0.25) is 0 Å². The first-order valence-electron chi connectivity index (χ1n) is 5.23. The van der Waals surface area contributed by atoms with Crippen molar-refractivity contribution in [2.45, 2.75) is 32.2 Å². The quantitative estimate of drug-likeness (QED) is 0.838. The lowest BCUT2D eigenvalue weighted by Gasteiger charge is -2.07. The van der Waals surface area contributed by atoms with Crippen molar-refractivity contribution in [2.24, 2.45) is 5.73 Å². The van der Waals surface area contributed by atoms with E-state index in [1.807, 2.05) is 6.92 Å². The number of hydrogen-bond donors (Lipinski definition) is 1. The number of nitrogens with two attached hydrogens (primary N) is 1. The van der Waals surface area contributed by atoms with Crippen LogP contribution >= 0.6 is 0 Å². The summed E-state index contributed by atoms with van der Waals surface area (Å²) in [5.74, 6) is -1.43. The Hall–Kier alpha value is -1.29. The van der Waals surface area contributed by atoms with Crippen LogP contribution in [0.2, 0.25) is 0 Å². The van der Waals surface area contributed by atoms with Crippen LogP contribution in [0.15, 0.2) is 18.2 Å². The van der Waals surface area contributed by atoms with Crippen LogP contribution in [0.4, 0.5) is 8.78 Å². The maximum atomic E-state index is 12.8. The predicted octanol–water partition coefficient (Wildman–Crippen LogP) is 2.20. The molecule has 0 spiro atoms. The molecule has 0 saturated carbocycles. The molecule has 1 unspecified atom stereocenters. The lowest BCUT2D eigenvalue weighted by atomic mass is 10.0. The zero-order valence-electron chi connectivity index (χ0n) is 9.17. The van der Waals surface area contributed by atoms with Gasteiger partial charge in [-0.1, -0.05) is 6.92 Å². The molecule has 0 radical (unpaired) electrons. The van der Waals surface area contributed by atoms with Gasteiger partial charge >= 0.3 is 0 Å². The lowest BCUT2D eigenvalue weighted by molar-refractivity contribution is -0.118. The number of halogens is 2. The van der Waals surface area contributed by atoms with Crippen LogP contribution < -0.4 is 5.73 Å². The number of ketones is 1. The van der Waals surface area contributed by atoms with E-state index >= 15 is 0 Å². The van der Waals surface area contributed by atoms with Crippen LogP contribution in [-0.2, 0) is 11.2 Å². The first-order valence-corrected chi connectivity index (χ1v) is 5.23. The Kier molecular flexibility index (Phi) is 4.55. The molecule has 0 aliphatic heterocycles. The number of benzene rings is 1. The molecule has 4 heteroatoms. The fraction of sp³-hybridized carbons (Fsp3) is 0.417. The number of hydrogen-bond acceptors (Lipinski definition) is 2. The van der Waals surface area contributed by atoms with Crippen molar-refractivity contribution >= 4 is 5.78 Å². The molecule has 2 N–H and O–H groups in total. The molecule has 0 aromatic heterocycles. The zero-order valence-corrected chi connectivity index (χ0v) is 9.17. The van der Waals surface area contributed by atoms with Crippen molar-refractivity contribution in [3.8, 4) is 0 Å². The standard InChI is InChI=1S/C12H15F2NO/c1-2-11(15)7-12(16)5-8-3-9(13)6-10(14)4-8/h3-4,6,11H,2,5,7,15H2,1H3. The molecule has 0 fully saturated rings. The highest BCUT2D eigenvalue weighted by Gasteiger charge is 2.10. The van der Waals surface area contributed by atoms with E-state index in [9.17, 15) is 13.6 Å². The summed E-state index contributed by atoms with van der Waals surface area (Å²) in [6.07, 6.45) is 0.986. The first kappa shape index (κ1) is 12.8. The van der Waals surface area contributed by atoms with Crippen LogP contribution in [0.5, 0.6) is 0 Å². The van der Waals surface area contributed by atoms with Crippen LogP contribution in [0.1, 0.15) is 25.3 Å². The number of rotatable bonds is 5. The molecular formula is C12H15F2NO. The minimum Gasteiger partial charge on any atom is -0.327 e. The minimum atomic E-state index is -0.664. The molecule has 16 heavy (non-hydrogen) atoms. The van der Waals surface area contributed by atoms with Gasteiger partial charge in [-0.15, -0.1) is 0 Å². The van der Waals surface area contributed by atoms with Crippen LogP contribution in [-0.4, -0.2) is 11.8 Å². The highest BCUT2D eigenvalue weighted by molar-refractivity contribution is 5.81. The maximum absolute atomic E-state index is 12.8. The monoisotopic (exact) mass is 227 g/mol. The molecule has 0 heterocycles. The fourth-order valence-electron chi connectivity index (χ4n) is 1.45. The van der Waals surface area contributed by atoms with E-state index in [0.29, 0.717) is 12.0 Å². The summed E-state index contributed by atoms with van der Waals surface area (Å²) in [7, 11) is 0. The van der Waals surface area contributed by atoms with Crippen molar-refractivity contribution in [3.63, 3.8) is 0 Å². The molecule has 1 aromatic rings. The average molecular weight is 227 g/mol. The Labute approximate surface area is 93.5 Å². The summed E-state index contributed by atoms with van der Waals surface area (Å²) in [5, 5.41) is 0. The highest BCUT2D eigenvalue weighted by Crippen LogP contribution is 2.10. The smallest absolute Gasteiger partial charge is 0.138 e. The summed E-state index contributed by atoms with van der Waals surface area (Å²) >= 11 is 0. The Morgan fingerprint density at radius 3 is 2.38 bits per heavy atom. The van der Waals surface area contributed by atoms with E-state index in [0.717, 1.165) is 6.07 Å². The molecular weight excluding hydrogens is 212 g/mol. The Morgan fingerprint density at radius 1 is 1.31 bits per heavy atom. The molecule has 2 nitrogen and oxygen atoms in total. The molecule has 0 amide bonds. The normalized spacial score (nSPS) is 12.5. The second-order valence-corrected chi connectivity index (χ2v) is 3.87. The van der Waals surface area contributed by atoms with Gasteiger partial charge in [-0.05, 0) is 24.1 Å². The summed E-state index contributed by atoms with van der Waals surface area (Å²) in [5.41, 5.74) is 5.97. The third-order valence-electron chi connectivity index (χ3n) is 2.34. The molecule has 1 atom stereocenters. The van der Waals surface area contributed by atoms with Gasteiger partial charge in [0.05, 0.1) is 0 Å². The topological polar surface area (TPSA) is 43.1 Å². The van der Waals surface area contributed by atoms with Gasteiger partial charge in [0.15, 0.2) is 0 Å². The molecule has 0 aliphatic rings. The van der Waals surface area contributed by atoms with E-state index in [4.69, 9.17) is 5.73 Å². The average Bonchev–Trinajstić information content (AvgIpc) is 2.15.